The molecule has 7 nitrogen and oxygen atoms in total. The zero-order chi connectivity index (χ0) is 23.9. The van der Waals surface area contributed by atoms with Crippen molar-refractivity contribution in [1.82, 2.24) is 5.06 Å². The lowest BCUT2D eigenvalue weighted by Crippen LogP contribution is -2.63. The molecule has 1 aromatic rings. The molecule has 8 atom stereocenters. The summed E-state index contributed by atoms with van der Waals surface area (Å²) < 4.78 is 5.49. The first-order valence-electron chi connectivity index (χ1n) is 12.5. The van der Waals surface area contributed by atoms with Crippen molar-refractivity contribution in [3.63, 3.8) is 0 Å². The predicted octanol–water partition coefficient (Wildman–Crippen LogP) is 2.83. The molecular weight excluding hydrogens is 434 g/mol. The molecule has 1 saturated heterocycles. The number of rotatable bonds is 4. The van der Waals surface area contributed by atoms with E-state index in [1.54, 1.807) is 23.5 Å². The average molecular weight is 468 g/mol. The average Bonchev–Trinajstić information content (AvgIpc) is 3.49. The Labute approximate surface area is 199 Å². The molecule has 4 fully saturated rings. The molecule has 6 rings (SSSR count). The van der Waals surface area contributed by atoms with Crippen LogP contribution >= 0.6 is 0 Å². The first-order chi connectivity index (χ1) is 16.2. The van der Waals surface area contributed by atoms with Crippen molar-refractivity contribution >= 4 is 11.6 Å². The summed E-state index contributed by atoms with van der Waals surface area (Å²) in [5, 5.41) is 23.5. The number of carbonyl (C=O) groups excluding carboxylic acids is 2. The first-order valence-corrected chi connectivity index (χ1v) is 12.5. The summed E-state index contributed by atoms with van der Waals surface area (Å²) in [6.45, 7) is 4.69. The van der Waals surface area contributed by atoms with Crippen LogP contribution in [0.25, 0.3) is 0 Å². The quantitative estimate of drug-likeness (QED) is 0.702. The fourth-order valence-corrected chi connectivity index (χ4v) is 8.73. The number of allylic oxidation sites excluding steroid dienone is 4. The number of aliphatic hydroxyl groups is 2. The Morgan fingerprint density at radius 2 is 2.15 bits per heavy atom. The van der Waals surface area contributed by atoms with Gasteiger partial charge in [-0.05, 0) is 61.8 Å². The molecule has 0 spiro atoms. The normalized spacial score (nSPS) is 45.4. The van der Waals surface area contributed by atoms with Crippen molar-refractivity contribution in [2.24, 2.45) is 34.5 Å². The summed E-state index contributed by atoms with van der Waals surface area (Å²) in [7, 11) is 0. The Kier molecular flexibility index (Phi) is 4.92. The highest BCUT2D eigenvalue weighted by Gasteiger charge is 2.75. The van der Waals surface area contributed by atoms with Gasteiger partial charge in [0.05, 0.1) is 18.9 Å². The standard InChI is InChI=1S/C27H33NO6/c1-25-8-7-18(30)10-16(25)5-6-20-21-11-17-13-28(14-19-4-3-9-33-19)34-27(17,23(32)15-29)26(21,2)12-22(31)24(20)25/h3-4,7-10,17,20-22,24,29,31H,5-6,11-15H2,1-2H3. The molecule has 7 heteroatoms. The number of hydroxylamine groups is 2. The predicted molar refractivity (Wildman–Crippen MR) is 122 cm³/mol. The minimum atomic E-state index is -1.15. The van der Waals surface area contributed by atoms with Gasteiger partial charge in [0, 0.05) is 29.2 Å². The van der Waals surface area contributed by atoms with Crippen molar-refractivity contribution in [2.75, 3.05) is 13.2 Å². The molecule has 182 valence electrons. The molecule has 1 aromatic heterocycles. The summed E-state index contributed by atoms with van der Waals surface area (Å²) in [5.74, 6) is 0.831. The summed E-state index contributed by atoms with van der Waals surface area (Å²) in [6, 6.07) is 3.71. The minimum Gasteiger partial charge on any atom is -0.468 e. The van der Waals surface area contributed by atoms with Crippen molar-refractivity contribution in [1.29, 1.82) is 0 Å². The lowest BCUT2D eigenvalue weighted by Gasteiger charge is -2.59. The Hall–Kier alpha value is -2.06. The van der Waals surface area contributed by atoms with Gasteiger partial charge in [0.1, 0.15) is 12.4 Å². The molecular formula is C27H33NO6. The number of ketones is 2. The molecule has 0 bridgehead atoms. The lowest BCUT2D eigenvalue weighted by atomic mass is 9.46. The van der Waals surface area contributed by atoms with E-state index in [9.17, 15) is 19.8 Å². The second-order valence-corrected chi connectivity index (χ2v) is 11.5. The van der Waals surface area contributed by atoms with Gasteiger partial charge in [0.25, 0.3) is 0 Å². The molecule has 0 radical (unpaired) electrons. The lowest BCUT2D eigenvalue weighted by molar-refractivity contribution is -0.255. The van der Waals surface area contributed by atoms with Crippen molar-refractivity contribution in [3.8, 4) is 0 Å². The van der Waals surface area contributed by atoms with Gasteiger partial charge >= 0.3 is 0 Å². The third kappa shape index (κ3) is 2.78. The topological polar surface area (TPSA) is 100 Å². The summed E-state index contributed by atoms with van der Waals surface area (Å²) in [4.78, 5) is 32.0. The molecule has 1 aliphatic heterocycles. The Bertz CT molecular complexity index is 1080. The summed E-state index contributed by atoms with van der Waals surface area (Å²) in [5.41, 5.74) is -0.985. The smallest absolute Gasteiger partial charge is 0.192 e. The van der Waals surface area contributed by atoms with Crippen LogP contribution in [0.15, 0.2) is 46.6 Å². The minimum absolute atomic E-state index is 0.00532. The number of hydrogen-bond donors (Lipinski definition) is 2. The van der Waals surface area contributed by atoms with Gasteiger partial charge in [-0.25, -0.2) is 0 Å². The van der Waals surface area contributed by atoms with Crippen molar-refractivity contribution < 1.29 is 29.1 Å². The monoisotopic (exact) mass is 467 g/mol. The molecule has 0 aromatic carbocycles. The van der Waals surface area contributed by atoms with E-state index in [2.05, 4.69) is 13.8 Å². The SMILES string of the molecule is CC12C=CC(=O)C=C1CCC1C2C(O)CC2(C)C1CC1CN(Cc3ccco3)OC12C(=O)CO. The maximum atomic E-state index is 13.5. The molecule has 3 saturated carbocycles. The number of hydrogen-bond acceptors (Lipinski definition) is 7. The van der Waals surface area contributed by atoms with Gasteiger partial charge in [-0.15, -0.1) is 0 Å². The first kappa shape index (κ1) is 22.4. The van der Waals surface area contributed by atoms with E-state index in [1.807, 2.05) is 18.2 Å². The van der Waals surface area contributed by atoms with Crippen LogP contribution in [0.2, 0.25) is 0 Å². The van der Waals surface area contributed by atoms with E-state index in [4.69, 9.17) is 9.25 Å². The number of Topliss-reactive ketones (excluding diaryl/α,β-unsaturated/α-hetero) is 1. The van der Waals surface area contributed by atoms with Gasteiger partial charge in [0.2, 0.25) is 0 Å². The van der Waals surface area contributed by atoms with Crippen LogP contribution in [-0.4, -0.2) is 51.7 Å². The molecule has 5 aliphatic rings. The van der Waals surface area contributed by atoms with Gasteiger partial charge in [0.15, 0.2) is 17.2 Å². The second-order valence-electron chi connectivity index (χ2n) is 11.5. The van der Waals surface area contributed by atoms with E-state index in [-0.39, 0.29) is 40.7 Å². The van der Waals surface area contributed by atoms with E-state index >= 15 is 0 Å². The maximum absolute atomic E-state index is 13.5. The van der Waals surface area contributed by atoms with Gasteiger partial charge in [-0.3, -0.25) is 14.4 Å². The zero-order valence-corrected chi connectivity index (χ0v) is 19.8. The van der Waals surface area contributed by atoms with E-state index in [0.717, 1.165) is 30.6 Å². The number of aliphatic hydroxyl groups excluding tert-OH is 2. The van der Waals surface area contributed by atoms with Crippen LogP contribution in [0, 0.1) is 34.5 Å². The molecule has 2 heterocycles. The highest BCUT2D eigenvalue weighted by atomic mass is 16.7. The molecule has 8 unspecified atom stereocenters. The number of furan rings is 1. The summed E-state index contributed by atoms with van der Waals surface area (Å²) in [6.07, 6.45) is 9.34. The molecule has 34 heavy (non-hydrogen) atoms. The second kappa shape index (κ2) is 7.47. The molecule has 4 aliphatic carbocycles. The Balaban J connectivity index is 1.37. The molecule has 2 N–H and O–H groups in total. The van der Waals surface area contributed by atoms with E-state index in [0.29, 0.717) is 19.5 Å². The highest BCUT2D eigenvalue weighted by molar-refractivity contribution is 6.01. The van der Waals surface area contributed by atoms with Crippen molar-refractivity contribution in [3.05, 3.63) is 48.0 Å². The van der Waals surface area contributed by atoms with Crippen LogP contribution in [0.5, 0.6) is 0 Å². The zero-order valence-electron chi connectivity index (χ0n) is 19.8. The van der Waals surface area contributed by atoms with Gasteiger partial charge < -0.3 is 14.6 Å². The van der Waals surface area contributed by atoms with Crippen molar-refractivity contribution in [2.45, 2.75) is 57.8 Å². The fourth-order valence-electron chi connectivity index (χ4n) is 8.73. The number of carbonyl (C=O) groups is 2. The Morgan fingerprint density at radius 3 is 2.88 bits per heavy atom. The van der Waals surface area contributed by atoms with Gasteiger partial charge in [-0.1, -0.05) is 25.5 Å². The van der Waals surface area contributed by atoms with Crippen LogP contribution < -0.4 is 0 Å². The maximum Gasteiger partial charge on any atom is 0.192 e. The van der Waals surface area contributed by atoms with Crippen LogP contribution in [0.3, 0.4) is 0 Å². The van der Waals surface area contributed by atoms with Crippen LogP contribution in [0.1, 0.15) is 45.3 Å². The third-order valence-corrected chi connectivity index (χ3v) is 10.0. The van der Waals surface area contributed by atoms with Crippen LogP contribution in [0.4, 0.5) is 0 Å². The van der Waals surface area contributed by atoms with E-state index in [1.165, 1.54) is 0 Å². The highest BCUT2D eigenvalue weighted by Crippen LogP contribution is 2.70. The molecule has 0 amide bonds. The summed E-state index contributed by atoms with van der Waals surface area (Å²) >= 11 is 0. The van der Waals surface area contributed by atoms with Gasteiger partial charge in [-0.2, -0.15) is 5.06 Å². The largest absolute Gasteiger partial charge is 0.468 e. The Morgan fingerprint density at radius 1 is 1.32 bits per heavy atom. The third-order valence-electron chi connectivity index (χ3n) is 10.0. The van der Waals surface area contributed by atoms with E-state index < -0.39 is 23.7 Å². The number of nitrogens with zero attached hydrogens (tertiary/aromatic N) is 1. The van der Waals surface area contributed by atoms with Crippen LogP contribution in [-0.2, 0) is 21.0 Å². The fraction of sp³-hybridized carbons (Fsp3) is 0.630. The number of fused-ring (bicyclic) bond motifs is 7.